The molecule has 0 radical (unpaired) electrons. The highest BCUT2D eigenvalue weighted by Crippen LogP contribution is 2.25. The van der Waals surface area contributed by atoms with Gasteiger partial charge in [0, 0.05) is 28.2 Å². The molecule has 0 fully saturated rings. The van der Waals surface area contributed by atoms with Crippen molar-refractivity contribution in [1.82, 2.24) is 19.6 Å². The fraction of sp³-hybridized carbons (Fsp3) is 0.250. The van der Waals surface area contributed by atoms with E-state index < -0.39 is 0 Å². The van der Waals surface area contributed by atoms with E-state index in [0.717, 1.165) is 16.9 Å². The molecule has 0 bridgehead atoms. The molecule has 0 saturated heterocycles. The summed E-state index contributed by atoms with van der Waals surface area (Å²) in [4.78, 5) is 21.7. The Labute approximate surface area is 198 Å². The monoisotopic (exact) mass is 463 g/mol. The summed E-state index contributed by atoms with van der Waals surface area (Å²) < 4.78 is 1.70. The Kier molecular flexibility index (Phi) is 7.89. The van der Waals surface area contributed by atoms with Crippen molar-refractivity contribution in [3.8, 4) is 0 Å². The van der Waals surface area contributed by atoms with Crippen molar-refractivity contribution < 1.29 is 4.79 Å². The molecule has 0 unspecified atom stereocenters. The van der Waals surface area contributed by atoms with Gasteiger partial charge in [-0.15, -0.1) is 0 Å². The van der Waals surface area contributed by atoms with Crippen molar-refractivity contribution >= 4 is 46.3 Å². The first-order chi connectivity index (χ1) is 15.9. The number of anilines is 4. The van der Waals surface area contributed by atoms with Crippen LogP contribution in [-0.4, -0.2) is 31.7 Å². The SMILES string of the molecule is CC.CSc1nc(Nc2cccc(NC(=O)c3ccc(N)cc3)c2)n2ncc(C(C)C)c2n1. The Morgan fingerprint density at radius 3 is 2.42 bits per heavy atom. The van der Waals surface area contributed by atoms with Crippen molar-refractivity contribution in [2.24, 2.45) is 0 Å². The van der Waals surface area contributed by atoms with Crippen molar-refractivity contribution in [3.63, 3.8) is 0 Å². The molecular formula is C24H29N7OS. The van der Waals surface area contributed by atoms with Gasteiger partial charge in [0.25, 0.3) is 5.91 Å². The molecule has 0 atom stereocenters. The zero-order valence-electron chi connectivity index (χ0n) is 19.5. The van der Waals surface area contributed by atoms with Gasteiger partial charge in [0.1, 0.15) is 0 Å². The number of nitrogens with one attached hydrogen (secondary N) is 2. The second-order valence-corrected chi connectivity index (χ2v) is 8.08. The Balaban J connectivity index is 0.00000149. The molecular weight excluding hydrogens is 434 g/mol. The number of hydrogen-bond acceptors (Lipinski definition) is 7. The lowest BCUT2D eigenvalue weighted by Crippen LogP contribution is -2.12. The van der Waals surface area contributed by atoms with Crippen LogP contribution in [0.4, 0.5) is 23.0 Å². The van der Waals surface area contributed by atoms with Gasteiger partial charge in [-0.1, -0.05) is 45.5 Å². The van der Waals surface area contributed by atoms with Crippen molar-refractivity contribution in [1.29, 1.82) is 0 Å². The van der Waals surface area contributed by atoms with E-state index in [1.54, 1.807) is 28.8 Å². The van der Waals surface area contributed by atoms with Gasteiger partial charge in [0.15, 0.2) is 10.8 Å². The standard InChI is InChI=1S/C22H23N7OS.C2H6/c1-13(2)18-12-24-29-19(18)27-22(31-3)28-21(29)26-17-6-4-5-16(11-17)25-20(30)14-7-9-15(23)10-8-14;1-2/h4-13H,23H2,1-3H3,(H,25,30)(H,26,27,28);1-2H3. The summed E-state index contributed by atoms with van der Waals surface area (Å²) in [5, 5.41) is 11.3. The first-order valence-corrected chi connectivity index (χ1v) is 12.0. The number of rotatable bonds is 6. The predicted molar refractivity (Wildman–Crippen MR) is 137 cm³/mol. The minimum atomic E-state index is -0.208. The van der Waals surface area contributed by atoms with Crippen molar-refractivity contribution in [2.45, 2.75) is 38.8 Å². The fourth-order valence-electron chi connectivity index (χ4n) is 3.10. The molecule has 0 aliphatic carbocycles. The lowest BCUT2D eigenvalue weighted by atomic mass is 10.1. The molecule has 0 spiro atoms. The maximum atomic E-state index is 12.5. The highest BCUT2D eigenvalue weighted by molar-refractivity contribution is 7.98. The number of thioether (sulfide) groups is 1. The summed E-state index contributed by atoms with van der Waals surface area (Å²) in [7, 11) is 0. The third-order valence-electron chi connectivity index (χ3n) is 4.73. The number of nitrogen functional groups attached to an aromatic ring is 1. The molecule has 2 heterocycles. The van der Waals surface area contributed by atoms with Crippen LogP contribution in [0.2, 0.25) is 0 Å². The van der Waals surface area contributed by atoms with Gasteiger partial charge in [-0.2, -0.15) is 14.6 Å². The van der Waals surface area contributed by atoms with E-state index in [-0.39, 0.29) is 5.91 Å². The lowest BCUT2D eigenvalue weighted by molar-refractivity contribution is 0.102. The van der Waals surface area contributed by atoms with E-state index in [9.17, 15) is 4.79 Å². The topological polar surface area (TPSA) is 110 Å². The predicted octanol–water partition coefficient (Wildman–Crippen LogP) is 5.57. The molecule has 1 amide bonds. The molecule has 9 heteroatoms. The summed E-state index contributed by atoms with van der Waals surface area (Å²) in [6.07, 6.45) is 3.77. The summed E-state index contributed by atoms with van der Waals surface area (Å²) in [5.74, 6) is 0.644. The minimum Gasteiger partial charge on any atom is -0.399 e. The van der Waals surface area contributed by atoms with Gasteiger partial charge in [0.05, 0.1) is 6.20 Å². The number of benzene rings is 2. The summed E-state index contributed by atoms with van der Waals surface area (Å²) in [6.45, 7) is 8.22. The zero-order valence-corrected chi connectivity index (χ0v) is 20.3. The van der Waals surface area contributed by atoms with Crippen molar-refractivity contribution in [3.05, 3.63) is 65.9 Å². The third-order valence-corrected chi connectivity index (χ3v) is 5.28. The molecule has 4 N–H and O–H groups in total. The number of nitrogens with two attached hydrogens (primary N) is 1. The molecule has 2 aromatic carbocycles. The van der Waals surface area contributed by atoms with Gasteiger partial charge < -0.3 is 16.4 Å². The Morgan fingerprint density at radius 2 is 1.76 bits per heavy atom. The molecule has 0 saturated carbocycles. The third kappa shape index (κ3) is 5.61. The second-order valence-electron chi connectivity index (χ2n) is 7.31. The highest BCUT2D eigenvalue weighted by Gasteiger charge is 2.15. The lowest BCUT2D eigenvalue weighted by Gasteiger charge is -2.11. The van der Waals surface area contributed by atoms with E-state index in [0.29, 0.717) is 34.0 Å². The van der Waals surface area contributed by atoms with Crippen LogP contribution in [0.5, 0.6) is 0 Å². The first-order valence-electron chi connectivity index (χ1n) is 10.8. The molecule has 33 heavy (non-hydrogen) atoms. The highest BCUT2D eigenvalue weighted by atomic mass is 32.2. The van der Waals surface area contributed by atoms with Gasteiger partial charge >= 0.3 is 0 Å². The van der Waals surface area contributed by atoms with E-state index in [2.05, 4.69) is 39.5 Å². The normalized spacial score (nSPS) is 10.6. The number of aromatic nitrogens is 4. The fourth-order valence-corrected chi connectivity index (χ4v) is 3.45. The van der Waals surface area contributed by atoms with Crippen LogP contribution in [-0.2, 0) is 0 Å². The molecule has 2 aromatic heterocycles. The Hall–Kier alpha value is -3.59. The number of amides is 1. The van der Waals surface area contributed by atoms with Gasteiger partial charge in [-0.05, 0) is 54.6 Å². The zero-order chi connectivity index (χ0) is 24.0. The molecule has 4 aromatic rings. The van der Waals surface area contributed by atoms with Crippen LogP contribution in [0, 0.1) is 0 Å². The van der Waals surface area contributed by atoms with Crippen LogP contribution in [0.1, 0.15) is 49.5 Å². The van der Waals surface area contributed by atoms with Crippen LogP contribution >= 0.6 is 11.8 Å². The van der Waals surface area contributed by atoms with E-state index in [1.807, 2.05) is 50.6 Å². The minimum absolute atomic E-state index is 0.208. The summed E-state index contributed by atoms with van der Waals surface area (Å²) in [5.41, 5.74) is 10.1. The summed E-state index contributed by atoms with van der Waals surface area (Å²) in [6, 6.07) is 14.2. The average molecular weight is 464 g/mol. The maximum absolute atomic E-state index is 12.5. The van der Waals surface area contributed by atoms with Crippen LogP contribution in [0.15, 0.2) is 59.9 Å². The van der Waals surface area contributed by atoms with Gasteiger partial charge in [-0.25, -0.2) is 4.98 Å². The second kappa shape index (κ2) is 10.8. The van der Waals surface area contributed by atoms with E-state index in [4.69, 9.17) is 5.73 Å². The number of nitrogens with zero attached hydrogens (tertiary/aromatic N) is 4. The van der Waals surface area contributed by atoms with Crippen LogP contribution in [0.25, 0.3) is 5.65 Å². The van der Waals surface area contributed by atoms with Crippen LogP contribution in [0.3, 0.4) is 0 Å². The smallest absolute Gasteiger partial charge is 0.255 e. The largest absolute Gasteiger partial charge is 0.399 e. The maximum Gasteiger partial charge on any atom is 0.255 e. The van der Waals surface area contributed by atoms with Gasteiger partial charge in [0.2, 0.25) is 5.95 Å². The molecule has 8 nitrogen and oxygen atoms in total. The van der Waals surface area contributed by atoms with Crippen LogP contribution < -0.4 is 16.4 Å². The van der Waals surface area contributed by atoms with Gasteiger partial charge in [-0.3, -0.25) is 4.79 Å². The van der Waals surface area contributed by atoms with E-state index >= 15 is 0 Å². The van der Waals surface area contributed by atoms with E-state index in [1.165, 1.54) is 11.8 Å². The molecule has 172 valence electrons. The molecule has 4 rings (SSSR count). The van der Waals surface area contributed by atoms with Crippen molar-refractivity contribution in [2.75, 3.05) is 22.6 Å². The average Bonchev–Trinajstić information content (AvgIpc) is 3.25. The quantitative estimate of drug-likeness (QED) is 0.253. The molecule has 0 aliphatic rings. The first kappa shape index (κ1) is 24.1. The number of carbonyl (C=O) groups excluding carboxylic acids is 1. The Morgan fingerprint density at radius 1 is 1.06 bits per heavy atom. The Bertz CT molecular complexity index is 1240. The number of hydrogen-bond donors (Lipinski definition) is 3. The molecule has 0 aliphatic heterocycles. The summed E-state index contributed by atoms with van der Waals surface area (Å²) >= 11 is 1.47. The number of fused-ring (bicyclic) bond motifs is 1. The number of carbonyl (C=O) groups is 1.